The molecule has 5 heteroatoms. The molecule has 2 aromatic rings. The Morgan fingerprint density at radius 2 is 1.75 bits per heavy atom. The van der Waals surface area contributed by atoms with E-state index < -0.39 is 0 Å². The van der Waals surface area contributed by atoms with Crippen LogP contribution < -0.4 is 9.64 Å². The standard InChI is InChI=1S/C23H28ClNO3/c1-23(17-28-23)16-27-22-8-6-21(7-9-22)25-12-10-19(11-13-25)15-26-14-18-2-4-20(24)5-3-18/h2-9,19H,10-17H2,1H3/t23-/m0/s1. The highest BCUT2D eigenvalue weighted by Gasteiger charge is 2.40. The summed E-state index contributed by atoms with van der Waals surface area (Å²) in [6, 6.07) is 16.3. The van der Waals surface area contributed by atoms with E-state index in [-0.39, 0.29) is 5.60 Å². The molecule has 4 rings (SSSR count). The second-order valence-electron chi connectivity index (χ2n) is 8.09. The smallest absolute Gasteiger partial charge is 0.123 e. The summed E-state index contributed by atoms with van der Waals surface area (Å²) < 4.78 is 17.1. The normalized spacial score (nSPS) is 22.3. The molecule has 0 bridgehead atoms. The summed E-state index contributed by atoms with van der Waals surface area (Å²) in [6.45, 7) is 7.11. The molecule has 2 fully saturated rings. The van der Waals surface area contributed by atoms with E-state index in [1.54, 1.807) is 0 Å². The Morgan fingerprint density at radius 3 is 2.39 bits per heavy atom. The molecule has 0 spiro atoms. The Balaban J connectivity index is 1.17. The van der Waals surface area contributed by atoms with E-state index in [0.717, 1.165) is 49.9 Å². The lowest BCUT2D eigenvalue weighted by Gasteiger charge is -2.33. The monoisotopic (exact) mass is 401 g/mol. The number of nitrogens with zero attached hydrogens (tertiary/aromatic N) is 1. The van der Waals surface area contributed by atoms with Gasteiger partial charge in [-0.3, -0.25) is 0 Å². The zero-order valence-corrected chi connectivity index (χ0v) is 17.2. The zero-order chi connectivity index (χ0) is 19.4. The highest BCUT2D eigenvalue weighted by molar-refractivity contribution is 6.30. The van der Waals surface area contributed by atoms with Crippen LogP contribution in [0.25, 0.3) is 0 Å². The fraction of sp³-hybridized carbons (Fsp3) is 0.478. The molecule has 0 N–H and O–H groups in total. The highest BCUT2D eigenvalue weighted by Crippen LogP contribution is 2.29. The molecule has 1 atom stereocenters. The van der Waals surface area contributed by atoms with E-state index in [9.17, 15) is 0 Å². The van der Waals surface area contributed by atoms with Crippen molar-refractivity contribution in [2.45, 2.75) is 32.0 Å². The van der Waals surface area contributed by atoms with Crippen LogP contribution in [0.1, 0.15) is 25.3 Å². The average Bonchev–Trinajstić information content (AvgIpc) is 3.47. The van der Waals surface area contributed by atoms with Gasteiger partial charge >= 0.3 is 0 Å². The summed E-state index contributed by atoms with van der Waals surface area (Å²) in [5.41, 5.74) is 2.36. The number of hydrogen-bond acceptors (Lipinski definition) is 4. The van der Waals surface area contributed by atoms with Crippen molar-refractivity contribution in [3.05, 3.63) is 59.1 Å². The molecule has 0 unspecified atom stereocenters. The van der Waals surface area contributed by atoms with Crippen LogP contribution in [0.4, 0.5) is 5.69 Å². The van der Waals surface area contributed by atoms with Crippen LogP contribution in [0.3, 0.4) is 0 Å². The van der Waals surface area contributed by atoms with Crippen LogP contribution in [0.5, 0.6) is 5.75 Å². The number of benzene rings is 2. The summed E-state index contributed by atoms with van der Waals surface area (Å²) >= 11 is 5.92. The maximum atomic E-state index is 5.93. The second kappa shape index (κ2) is 8.73. The van der Waals surface area contributed by atoms with Crippen molar-refractivity contribution in [3.63, 3.8) is 0 Å². The van der Waals surface area contributed by atoms with Gasteiger partial charge in [0.15, 0.2) is 0 Å². The predicted molar refractivity (Wildman–Crippen MR) is 112 cm³/mol. The third kappa shape index (κ3) is 5.40. The Morgan fingerprint density at radius 1 is 1.07 bits per heavy atom. The maximum absolute atomic E-state index is 5.93. The van der Waals surface area contributed by atoms with Gasteiger partial charge in [0.25, 0.3) is 0 Å². The minimum absolute atomic E-state index is 0.0732. The second-order valence-corrected chi connectivity index (χ2v) is 8.53. The topological polar surface area (TPSA) is 34.2 Å². The summed E-state index contributed by atoms with van der Waals surface area (Å²) in [5.74, 6) is 1.54. The van der Waals surface area contributed by atoms with Crippen molar-refractivity contribution in [2.75, 3.05) is 37.8 Å². The van der Waals surface area contributed by atoms with Gasteiger partial charge in [0.05, 0.1) is 13.2 Å². The van der Waals surface area contributed by atoms with Gasteiger partial charge in [0, 0.05) is 30.4 Å². The first kappa shape index (κ1) is 19.6. The van der Waals surface area contributed by atoms with Crippen LogP contribution >= 0.6 is 11.6 Å². The van der Waals surface area contributed by atoms with Crippen LogP contribution in [-0.4, -0.2) is 38.5 Å². The van der Waals surface area contributed by atoms with Crippen molar-refractivity contribution in [1.29, 1.82) is 0 Å². The molecule has 2 heterocycles. The van der Waals surface area contributed by atoms with E-state index in [1.165, 1.54) is 11.3 Å². The molecule has 0 radical (unpaired) electrons. The number of halogens is 1. The molecule has 150 valence electrons. The molecule has 28 heavy (non-hydrogen) atoms. The number of hydrogen-bond donors (Lipinski definition) is 0. The molecule has 0 aromatic heterocycles. The number of epoxide rings is 1. The Kier molecular flexibility index (Phi) is 6.10. The summed E-state index contributed by atoms with van der Waals surface area (Å²) in [5, 5.41) is 0.766. The quantitative estimate of drug-likeness (QED) is 0.586. The molecule has 2 aromatic carbocycles. The Hall–Kier alpha value is -1.75. The van der Waals surface area contributed by atoms with Crippen molar-refractivity contribution in [1.82, 2.24) is 0 Å². The Bertz CT molecular complexity index is 750. The summed E-state index contributed by atoms with van der Waals surface area (Å²) in [4.78, 5) is 2.45. The zero-order valence-electron chi connectivity index (χ0n) is 16.4. The first-order valence-electron chi connectivity index (χ1n) is 10.0. The van der Waals surface area contributed by atoms with Gasteiger partial charge in [-0.1, -0.05) is 23.7 Å². The van der Waals surface area contributed by atoms with Crippen molar-refractivity contribution < 1.29 is 14.2 Å². The van der Waals surface area contributed by atoms with E-state index in [4.69, 9.17) is 25.8 Å². The molecule has 2 aliphatic heterocycles. The highest BCUT2D eigenvalue weighted by atomic mass is 35.5. The van der Waals surface area contributed by atoms with E-state index in [0.29, 0.717) is 19.1 Å². The SMILES string of the molecule is C[C@]1(COc2ccc(N3CCC(COCc4ccc(Cl)cc4)CC3)cc2)CO1. The van der Waals surface area contributed by atoms with Crippen LogP contribution in [0.15, 0.2) is 48.5 Å². The minimum Gasteiger partial charge on any atom is -0.491 e. The Labute approximate surface area is 172 Å². The first-order chi connectivity index (χ1) is 13.6. The van der Waals surface area contributed by atoms with Gasteiger partial charge in [0.2, 0.25) is 0 Å². The first-order valence-corrected chi connectivity index (χ1v) is 10.4. The molecular weight excluding hydrogens is 374 g/mol. The minimum atomic E-state index is -0.0732. The number of ether oxygens (including phenoxy) is 3. The lowest BCUT2D eigenvalue weighted by Crippen LogP contribution is -2.35. The molecular formula is C23H28ClNO3. The van der Waals surface area contributed by atoms with Crippen LogP contribution in [-0.2, 0) is 16.1 Å². The van der Waals surface area contributed by atoms with E-state index in [2.05, 4.69) is 36.1 Å². The number of anilines is 1. The third-order valence-corrected chi connectivity index (χ3v) is 5.79. The third-order valence-electron chi connectivity index (χ3n) is 5.53. The van der Waals surface area contributed by atoms with Crippen molar-refractivity contribution in [3.8, 4) is 5.75 Å². The maximum Gasteiger partial charge on any atom is 0.123 e. The molecule has 2 aliphatic rings. The fourth-order valence-electron chi connectivity index (χ4n) is 3.48. The van der Waals surface area contributed by atoms with Gasteiger partial charge in [0.1, 0.15) is 18.0 Å². The average molecular weight is 402 g/mol. The summed E-state index contributed by atoms with van der Waals surface area (Å²) in [7, 11) is 0. The van der Waals surface area contributed by atoms with Gasteiger partial charge in [-0.25, -0.2) is 0 Å². The molecule has 2 saturated heterocycles. The van der Waals surface area contributed by atoms with Gasteiger partial charge < -0.3 is 19.1 Å². The molecule has 0 aliphatic carbocycles. The number of piperidine rings is 1. The van der Waals surface area contributed by atoms with E-state index in [1.807, 2.05) is 24.3 Å². The lowest BCUT2D eigenvalue weighted by molar-refractivity contribution is 0.0786. The van der Waals surface area contributed by atoms with Crippen molar-refractivity contribution in [2.24, 2.45) is 5.92 Å². The summed E-state index contributed by atoms with van der Waals surface area (Å²) in [6.07, 6.45) is 2.32. The van der Waals surface area contributed by atoms with Gasteiger partial charge in [-0.15, -0.1) is 0 Å². The molecule has 4 nitrogen and oxygen atoms in total. The van der Waals surface area contributed by atoms with Gasteiger partial charge in [-0.2, -0.15) is 0 Å². The lowest BCUT2D eigenvalue weighted by atomic mass is 9.97. The fourth-order valence-corrected chi connectivity index (χ4v) is 3.60. The molecule has 0 saturated carbocycles. The predicted octanol–water partition coefficient (Wildman–Crippen LogP) is 4.94. The van der Waals surface area contributed by atoms with Crippen LogP contribution in [0.2, 0.25) is 5.02 Å². The molecule has 0 amide bonds. The van der Waals surface area contributed by atoms with Gasteiger partial charge in [-0.05, 0) is 67.6 Å². The van der Waals surface area contributed by atoms with Crippen molar-refractivity contribution >= 4 is 17.3 Å². The van der Waals surface area contributed by atoms with E-state index >= 15 is 0 Å². The number of rotatable bonds is 8. The van der Waals surface area contributed by atoms with Crippen LogP contribution in [0, 0.1) is 5.92 Å². The largest absolute Gasteiger partial charge is 0.491 e.